The smallest absolute Gasteiger partial charge is 0.270 e. The number of nitro benzene ring substituents is 1. The molecule has 1 aromatic heterocycles. The minimum absolute atomic E-state index is 0.0166. The molecule has 0 atom stereocenters. The molecule has 0 aliphatic carbocycles. The molecule has 28 heavy (non-hydrogen) atoms. The molecule has 1 heterocycles. The summed E-state index contributed by atoms with van der Waals surface area (Å²) in [5, 5.41) is 30.6. The first-order chi connectivity index (χ1) is 13.3. The van der Waals surface area contributed by atoms with Gasteiger partial charge in [-0.15, -0.1) is 0 Å². The van der Waals surface area contributed by atoms with Gasteiger partial charge in [0.05, 0.1) is 4.92 Å². The quantitative estimate of drug-likeness (QED) is 0.282. The van der Waals surface area contributed by atoms with E-state index < -0.39 is 10.8 Å². The molecule has 0 fully saturated rings. The van der Waals surface area contributed by atoms with Gasteiger partial charge in [-0.3, -0.25) is 20.0 Å². The first-order valence-corrected chi connectivity index (χ1v) is 8.15. The molecule has 142 valence electrons. The molecule has 0 saturated heterocycles. The summed E-state index contributed by atoms with van der Waals surface area (Å²) in [7, 11) is 0. The lowest BCUT2D eigenvalue weighted by atomic mass is 10.2. The van der Waals surface area contributed by atoms with E-state index in [4.69, 9.17) is 17.3 Å². The van der Waals surface area contributed by atoms with Gasteiger partial charge >= 0.3 is 0 Å². The van der Waals surface area contributed by atoms with Crippen LogP contribution in [-0.2, 0) is 0 Å². The Hall–Kier alpha value is -3.92. The topological polar surface area (TPSA) is 160 Å². The molecule has 0 aliphatic heterocycles. The summed E-state index contributed by atoms with van der Waals surface area (Å²) in [6.45, 7) is 0. The van der Waals surface area contributed by atoms with Crippen LogP contribution in [0, 0.1) is 10.1 Å². The molecule has 3 rings (SSSR count). The van der Waals surface area contributed by atoms with Crippen LogP contribution in [0.2, 0.25) is 5.02 Å². The van der Waals surface area contributed by atoms with Crippen molar-refractivity contribution >= 4 is 46.7 Å². The minimum atomic E-state index is -0.798. The maximum Gasteiger partial charge on any atom is 0.270 e. The number of nitrogens with one attached hydrogen (secondary N) is 2. The lowest BCUT2D eigenvalue weighted by Gasteiger charge is -2.05. The molecule has 10 nitrogen and oxygen atoms in total. The molecule has 3 aromatic rings. The second-order valence-electron chi connectivity index (χ2n) is 5.55. The zero-order valence-electron chi connectivity index (χ0n) is 14.1. The number of amides is 1. The number of hydrogen-bond donors (Lipinski definition) is 4. The van der Waals surface area contributed by atoms with E-state index in [-0.39, 0.29) is 34.2 Å². The van der Waals surface area contributed by atoms with Crippen molar-refractivity contribution < 1.29 is 14.8 Å². The summed E-state index contributed by atoms with van der Waals surface area (Å²) in [5.74, 6) is -0.867. The summed E-state index contributed by atoms with van der Waals surface area (Å²) >= 11 is 5.93. The molecule has 11 heteroatoms. The average molecular weight is 401 g/mol. The van der Waals surface area contributed by atoms with Gasteiger partial charge in [-0.2, -0.15) is 5.10 Å². The van der Waals surface area contributed by atoms with Gasteiger partial charge in [0.25, 0.3) is 11.6 Å². The highest BCUT2D eigenvalue weighted by Crippen LogP contribution is 2.28. The Labute approximate surface area is 162 Å². The number of nitrogens with two attached hydrogens (primary N) is 1. The second-order valence-corrected chi connectivity index (χ2v) is 5.99. The van der Waals surface area contributed by atoms with E-state index >= 15 is 0 Å². The summed E-state index contributed by atoms with van der Waals surface area (Å²) in [4.78, 5) is 26.2. The van der Waals surface area contributed by atoms with E-state index in [0.717, 1.165) is 18.3 Å². The van der Waals surface area contributed by atoms with E-state index in [1.807, 2.05) is 0 Å². The lowest BCUT2D eigenvalue weighted by Crippen LogP contribution is -2.12. The number of aliphatic imine (C=N–C) groups is 1. The van der Waals surface area contributed by atoms with Gasteiger partial charge in [0, 0.05) is 34.6 Å². The number of aromatic hydroxyl groups is 1. The molecule has 0 spiro atoms. The van der Waals surface area contributed by atoms with Crippen LogP contribution in [-0.4, -0.2) is 32.3 Å². The van der Waals surface area contributed by atoms with Crippen LogP contribution < -0.4 is 11.1 Å². The Morgan fingerprint density at radius 1 is 1.36 bits per heavy atom. The largest absolute Gasteiger partial charge is 0.507 e. The second kappa shape index (κ2) is 7.76. The SMILES string of the molecule is NC(=O)c1c(Nc2cccc(Cl)c2)n[nH]c1/N=C/c1cc([N+](=O)[O-])ccc1O. The third kappa shape index (κ3) is 4.07. The highest BCUT2D eigenvalue weighted by molar-refractivity contribution is 6.30. The number of anilines is 2. The number of rotatable bonds is 6. The van der Waals surface area contributed by atoms with E-state index in [1.54, 1.807) is 24.3 Å². The van der Waals surface area contributed by atoms with Gasteiger partial charge in [0.15, 0.2) is 11.6 Å². The predicted molar refractivity (Wildman–Crippen MR) is 104 cm³/mol. The molecular weight excluding hydrogens is 388 g/mol. The number of non-ortho nitro benzene ring substituents is 1. The number of benzene rings is 2. The van der Waals surface area contributed by atoms with Crippen molar-refractivity contribution in [2.24, 2.45) is 10.7 Å². The molecular formula is C17H13ClN6O4. The number of aromatic nitrogens is 2. The number of carbonyl (C=O) groups excluding carboxylic acids is 1. The number of nitrogens with zero attached hydrogens (tertiary/aromatic N) is 3. The van der Waals surface area contributed by atoms with Crippen LogP contribution in [0.5, 0.6) is 5.75 Å². The summed E-state index contributed by atoms with van der Waals surface area (Å²) < 4.78 is 0. The van der Waals surface area contributed by atoms with Crippen molar-refractivity contribution in [1.82, 2.24) is 10.2 Å². The van der Waals surface area contributed by atoms with Crippen LogP contribution in [0.25, 0.3) is 0 Å². The number of primary amides is 1. The van der Waals surface area contributed by atoms with Gasteiger partial charge in [-0.05, 0) is 24.3 Å². The Morgan fingerprint density at radius 3 is 2.82 bits per heavy atom. The van der Waals surface area contributed by atoms with Gasteiger partial charge in [-0.1, -0.05) is 17.7 Å². The molecule has 0 saturated carbocycles. The van der Waals surface area contributed by atoms with Crippen LogP contribution in [0.15, 0.2) is 47.5 Å². The lowest BCUT2D eigenvalue weighted by molar-refractivity contribution is -0.384. The number of carbonyl (C=O) groups is 1. The highest BCUT2D eigenvalue weighted by atomic mass is 35.5. The Morgan fingerprint density at radius 2 is 2.14 bits per heavy atom. The standard InChI is InChI=1S/C17H13ClN6O4/c18-10-2-1-3-11(7-10)21-17-14(15(19)26)16(22-23-17)20-8-9-6-12(24(27)28)4-5-13(9)25/h1-8,25H,(H2,19,26)(H2,21,22,23)/b20-8+. The van der Waals surface area contributed by atoms with Gasteiger partial charge < -0.3 is 16.2 Å². The van der Waals surface area contributed by atoms with E-state index in [2.05, 4.69) is 20.5 Å². The van der Waals surface area contributed by atoms with Gasteiger partial charge in [0.2, 0.25) is 0 Å². The zero-order valence-corrected chi connectivity index (χ0v) is 14.8. The molecule has 1 amide bonds. The molecule has 0 bridgehead atoms. The van der Waals surface area contributed by atoms with Crippen molar-refractivity contribution in [3.63, 3.8) is 0 Å². The maximum atomic E-state index is 11.9. The number of phenols is 1. The summed E-state index contributed by atoms with van der Waals surface area (Å²) in [6, 6.07) is 10.2. The number of aromatic amines is 1. The number of H-pyrrole nitrogens is 1. The molecule has 0 aliphatic rings. The number of phenolic OH excluding ortho intramolecular Hbond substituents is 1. The fourth-order valence-corrected chi connectivity index (χ4v) is 2.54. The van der Waals surface area contributed by atoms with Crippen molar-refractivity contribution in [1.29, 1.82) is 0 Å². The molecule has 2 aromatic carbocycles. The molecule has 0 radical (unpaired) electrons. The van der Waals surface area contributed by atoms with Crippen LogP contribution in [0.4, 0.5) is 23.0 Å². The Kier molecular flexibility index (Phi) is 5.23. The Balaban J connectivity index is 1.94. The highest BCUT2D eigenvalue weighted by Gasteiger charge is 2.18. The number of nitro groups is 1. The zero-order chi connectivity index (χ0) is 20.3. The van der Waals surface area contributed by atoms with E-state index in [0.29, 0.717) is 10.7 Å². The number of halogens is 1. The summed E-state index contributed by atoms with van der Waals surface area (Å²) in [5.41, 5.74) is 5.85. The normalized spacial score (nSPS) is 10.9. The van der Waals surface area contributed by atoms with Crippen molar-refractivity contribution in [3.05, 3.63) is 68.7 Å². The first kappa shape index (κ1) is 18.9. The van der Waals surface area contributed by atoms with Crippen LogP contribution in [0.1, 0.15) is 15.9 Å². The van der Waals surface area contributed by atoms with Crippen LogP contribution >= 0.6 is 11.6 Å². The van der Waals surface area contributed by atoms with Crippen LogP contribution in [0.3, 0.4) is 0 Å². The monoisotopic (exact) mass is 400 g/mol. The minimum Gasteiger partial charge on any atom is -0.507 e. The summed E-state index contributed by atoms with van der Waals surface area (Å²) in [6.07, 6.45) is 1.16. The molecule has 5 N–H and O–H groups in total. The first-order valence-electron chi connectivity index (χ1n) is 7.77. The maximum absolute atomic E-state index is 11.9. The fraction of sp³-hybridized carbons (Fsp3) is 0. The fourth-order valence-electron chi connectivity index (χ4n) is 2.35. The van der Waals surface area contributed by atoms with Gasteiger partial charge in [-0.25, -0.2) is 4.99 Å². The van der Waals surface area contributed by atoms with Gasteiger partial charge in [0.1, 0.15) is 11.3 Å². The Bertz CT molecular complexity index is 1100. The third-order valence-corrected chi connectivity index (χ3v) is 3.87. The third-order valence-electron chi connectivity index (χ3n) is 3.64. The molecule has 0 unspecified atom stereocenters. The van der Waals surface area contributed by atoms with Crippen molar-refractivity contribution in [2.75, 3.05) is 5.32 Å². The van der Waals surface area contributed by atoms with E-state index in [9.17, 15) is 20.0 Å². The predicted octanol–water partition coefficient (Wildman–Crippen LogP) is 3.27. The number of hydrogen-bond acceptors (Lipinski definition) is 7. The van der Waals surface area contributed by atoms with Crippen molar-refractivity contribution in [3.8, 4) is 5.75 Å². The van der Waals surface area contributed by atoms with E-state index in [1.165, 1.54) is 6.07 Å². The van der Waals surface area contributed by atoms with Crippen molar-refractivity contribution in [2.45, 2.75) is 0 Å². The average Bonchev–Trinajstić information content (AvgIpc) is 3.03.